The van der Waals surface area contributed by atoms with E-state index in [4.69, 9.17) is 10.7 Å². The molecule has 0 bridgehead atoms. The van der Waals surface area contributed by atoms with Crippen molar-refractivity contribution in [2.45, 2.75) is 18.9 Å². The minimum atomic E-state index is -0.304. The third kappa shape index (κ3) is 3.82. The van der Waals surface area contributed by atoms with Gasteiger partial charge >= 0.3 is 0 Å². The van der Waals surface area contributed by atoms with Crippen LogP contribution in [-0.2, 0) is 6.42 Å². The summed E-state index contributed by atoms with van der Waals surface area (Å²) in [5.74, 6) is -0.304. The van der Waals surface area contributed by atoms with Crippen LogP contribution in [0, 0.1) is 17.1 Å². The highest BCUT2D eigenvalue weighted by molar-refractivity contribution is 7.16. The summed E-state index contributed by atoms with van der Waals surface area (Å²) in [6.07, 6.45) is 2.02. The summed E-state index contributed by atoms with van der Waals surface area (Å²) >= 11 is 1.37. The van der Waals surface area contributed by atoms with E-state index in [0.29, 0.717) is 17.1 Å². The number of nitriles is 1. The van der Waals surface area contributed by atoms with Gasteiger partial charge in [0.2, 0.25) is 0 Å². The molecule has 0 amide bonds. The van der Waals surface area contributed by atoms with Crippen LogP contribution in [0.15, 0.2) is 42.5 Å². The first-order valence-electron chi connectivity index (χ1n) is 9.57. The van der Waals surface area contributed by atoms with Gasteiger partial charge in [-0.3, -0.25) is 0 Å². The first-order chi connectivity index (χ1) is 14.1. The first kappa shape index (κ1) is 19.4. The number of nitrogens with zero attached hydrogens (tertiary/aromatic N) is 3. The number of aromatic nitrogens is 1. The Labute approximate surface area is 173 Å². The van der Waals surface area contributed by atoms with Gasteiger partial charge in [0, 0.05) is 31.4 Å². The van der Waals surface area contributed by atoms with E-state index in [1.807, 2.05) is 7.05 Å². The van der Waals surface area contributed by atoms with Crippen LogP contribution in [0.1, 0.15) is 28.5 Å². The number of benzene rings is 2. The Balaban J connectivity index is 1.64. The zero-order valence-electron chi connectivity index (χ0n) is 16.2. The third-order valence-corrected chi connectivity index (χ3v) is 6.32. The second-order valence-corrected chi connectivity index (χ2v) is 8.06. The van der Waals surface area contributed by atoms with Gasteiger partial charge < -0.3 is 16.0 Å². The summed E-state index contributed by atoms with van der Waals surface area (Å²) in [5, 5.41) is 13.7. The van der Waals surface area contributed by atoms with E-state index in [0.717, 1.165) is 35.8 Å². The van der Waals surface area contributed by atoms with Gasteiger partial charge in [0.1, 0.15) is 22.5 Å². The molecule has 1 aliphatic carbocycles. The average Bonchev–Trinajstić information content (AvgIpc) is 3.36. The molecule has 3 N–H and O–H groups in total. The van der Waals surface area contributed by atoms with Gasteiger partial charge in [0.25, 0.3) is 0 Å². The van der Waals surface area contributed by atoms with Gasteiger partial charge in [0.15, 0.2) is 5.13 Å². The molecule has 0 radical (unpaired) electrons. The molecule has 7 heteroatoms. The average molecular weight is 408 g/mol. The predicted octanol–water partition coefficient (Wildman–Crippen LogP) is 4.32. The molecule has 1 heterocycles. The third-order valence-electron chi connectivity index (χ3n) is 5.27. The lowest BCUT2D eigenvalue weighted by molar-refractivity contribution is 0.628. The Bertz CT molecular complexity index is 1050. The van der Waals surface area contributed by atoms with Crippen molar-refractivity contribution in [3.8, 4) is 17.3 Å². The van der Waals surface area contributed by atoms with Crippen molar-refractivity contribution in [1.29, 1.82) is 5.26 Å². The first-order valence-corrected chi connectivity index (χ1v) is 10.4. The van der Waals surface area contributed by atoms with Gasteiger partial charge in [-0.05, 0) is 60.4 Å². The Morgan fingerprint density at radius 3 is 2.83 bits per heavy atom. The highest BCUT2D eigenvalue weighted by atomic mass is 32.1. The summed E-state index contributed by atoms with van der Waals surface area (Å²) in [7, 11) is 2.02. The van der Waals surface area contributed by atoms with Gasteiger partial charge in [0.05, 0.1) is 6.04 Å². The number of thiazole rings is 1. The molecule has 0 fully saturated rings. The number of hydrogen-bond acceptors (Lipinski definition) is 6. The predicted molar refractivity (Wildman–Crippen MR) is 116 cm³/mol. The summed E-state index contributed by atoms with van der Waals surface area (Å²) in [6.45, 7) is 1.32. The molecule has 1 aromatic heterocycles. The van der Waals surface area contributed by atoms with Crippen molar-refractivity contribution >= 4 is 22.2 Å². The molecule has 1 atom stereocenters. The SMILES string of the molecule is CN(c1nc(-c2ccc(F)cc2)c(C#N)s1)C1CCc2ccc(NCCN)cc21. The van der Waals surface area contributed by atoms with Crippen LogP contribution in [0.4, 0.5) is 15.2 Å². The van der Waals surface area contributed by atoms with Gasteiger partial charge in [-0.25, -0.2) is 9.37 Å². The second-order valence-electron chi connectivity index (χ2n) is 7.09. The van der Waals surface area contributed by atoms with Crippen LogP contribution in [-0.4, -0.2) is 25.1 Å². The summed E-state index contributed by atoms with van der Waals surface area (Å²) in [4.78, 5) is 7.42. The number of aryl methyl sites for hydroxylation is 1. The fourth-order valence-electron chi connectivity index (χ4n) is 3.78. The fraction of sp³-hybridized carbons (Fsp3) is 0.273. The van der Waals surface area contributed by atoms with Crippen molar-refractivity contribution in [2.24, 2.45) is 5.73 Å². The maximum atomic E-state index is 13.3. The van der Waals surface area contributed by atoms with E-state index in [1.54, 1.807) is 12.1 Å². The van der Waals surface area contributed by atoms with Gasteiger partial charge in [-0.1, -0.05) is 17.4 Å². The van der Waals surface area contributed by atoms with E-state index in [2.05, 4.69) is 34.5 Å². The van der Waals surface area contributed by atoms with Crippen LogP contribution in [0.25, 0.3) is 11.3 Å². The Morgan fingerprint density at radius 1 is 1.31 bits per heavy atom. The molecule has 3 aromatic rings. The molecular weight excluding hydrogens is 385 g/mol. The molecule has 2 aromatic carbocycles. The number of anilines is 2. The van der Waals surface area contributed by atoms with E-state index in [9.17, 15) is 9.65 Å². The highest BCUT2D eigenvalue weighted by Crippen LogP contribution is 2.41. The second kappa shape index (κ2) is 8.19. The molecule has 0 saturated carbocycles. The van der Waals surface area contributed by atoms with Crippen LogP contribution in [0.2, 0.25) is 0 Å². The van der Waals surface area contributed by atoms with Gasteiger partial charge in [-0.2, -0.15) is 5.26 Å². The number of fused-ring (bicyclic) bond motifs is 1. The normalized spacial score (nSPS) is 15.0. The molecule has 1 aliphatic rings. The largest absolute Gasteiger partial charge is 0.384 e. The van der Waals surface area contributed by atoms with E-state index in [-0.39, 0.29) is 11.9 Å². The minimum absolute atomic E-state index is 0.198. The monoisotopic (exact) mass is 407 g/mol. The summed E-state index contributed by atoms with van der Waals surface area (Å²) in [5.41, 5.74) is 10.7. The zero-order valence-corrected chi connectivity index (χ0v) is 17.0. The Kier molecular flexibility index (Phi) is 5.47. The zero-order chi connectivity index (χ0) is 20.4. The van der Waals surface area contributed by atoms with Crippen LogP contribution >= 0.6 is 11.3 Å². The molecule has 0 spiro atoms. The topological polar surface area (TPSA) is 78.0 Å². The number of halogens is 1. The fourth-order valence-corrected chi connectivity index (χ4v) is 4.68. The lowest BCUT2D eigenvalue weighted by Crippen LogP contribution is -2.22. The quantitative estimate of drug-likeness (QED) is 0.636. The Morgan fingerprint density at radius 2 is 2.10 bits per heavy atom. The standard InChI is InChI=1S/C22H22FN5S/c1-28(19-9-5-14-4-8-17(12-18(14)19)26-11-10-24)22-27-21(20(13-25)29-22)15-2-6-16(23)7-3-15/h2-4,6-8,12,19,26H,5,9-11,24H2,1H3. The van der Waals surface area contributed by atoms with E-state index in [1.165, 1.54) is 34.6 Å². The number of rotatable bonds is 6. The van der Waals surface area contributed by atoms with E-state index < -0.39 is 0 Å². The van der Waals surface area contributed by atoms with Crippen molar-refractivity contribution in [2.75, 3.05) is 30.4 Å². The molecule has 148 valence electrons. The molecule has 1 unspecified atom stereocenters. The number of nitrogens with two attached hydrogens (primary N) is 1. The number of nitrogens with one attached hydrogen (secondary N) is 1. The Hall–Kier alpha value is -2.95. The molecule has 29 heavy (non-hydrogen) atoms. The highest BCUT2D eigenvalue weighted by Gasteiger charge is 2.29. The summed E-state index contributed by atoms with van der Waals surface area (Å²) < 4.78 is 13.3. The maximum Gasteiger partial charge on any atom is 0.187 e. The van der Waals surface area contributed by atoms with Crippen LogP contribution in [0.3, 0.4) is 0 Å². The molecule has 4 rings (SSSR count). The van der Waals surface area contributed by atoms with Crippen LogP contribution in [0.5, 0.6) is 0 Å². The summed E-state index contributed by atoms with van der Waals surface area (Å²) in [6, 6.07) is 15.0. The van der Waals surface area contributed by atoms with Crippen molar-refractivity contribution in [3.63, 3.8) is 0 Å². The molecule has 5 nitrogen and oxygen atoms in total. The maximum absolute atomic E-state index is 13.3. The molecule has 0 aliphatic heterocycles. The van der Waals surface area contributed by atoms with Crippen molar-refractivity contribution < 1.29 is 4.39 Å². The van der Waals surface area contributed by atoms with Crippen molar-refractivity contribution in [1.82, 2.24) is 4.98 Å². The lowest BCUT2D eigenvalue weighted by atomic mass is 10.1. The van der Waals surface area contributed by atoms with Gasteiger partial charge in [-0.15, -0.1) is 0 Å². The molecular formula is C22H22FN5S. The number of hydrogen-bond donors (Lipinski definition) is 2. The van der Waals surface area contributed by atoms with E-state index >= 15 is 0 Å². The molecule has 0 saturated heterocycles. The van der Waals surface area contributed by atoms with Crippen molar-refractivity contribution in [3.05, 3.63) is 64.3 Å². The minimum Gasteiger partial charge on any atom is -0.384 e. The smallest absolute Gasteiger partial charge is 0.187 e. The lowest BCUT2D eigenvalue weighted by Gasteiger charge is -2.25. The van der Waals surface area contributed by atoms with Crippen LogP contribution < -0.4 is 16.0 Å².